The number of allylic oxidation sites excluding steroid dienone is 2. The van der Waals surface area contributed by atoms with Crippen molar-refractivity contribution in [2.24, 2.45) is 5.92 Å². The van der Waals surface area contributed by atoms with Crippen LogP contribution in [0.1, 0.15) is 53.7 Å². The van der Waals surface area contributed by atoms with Crippen LogP contribution in [0.15, 0.2) is 54.6 Å². The fourth-order valence-corrected chi connectivity index (χ4v) is 4.21. The first kappa shape index (κ1) is 16.7. The maximum atomic E-state index is 12.7. The fraction of sp³-hybridized carbons (Fsp3) is 0.318. The van der Waals surface area contributed by atoms with Crippen LogP contribution in [0.4, 0.5) is 5.69 Å². The van der Waals surface area contributed by atoms with E-state index in [4.69, 9.17) is 0 Å². The largest absolute Gasteiger partial charge is 0.508 e. The van der Waals surface area contributed by atoms with E-state index in [0.29, 0.717) is 17.2 Å². The van der Waals surface area contributed by atoms with Gasteiger partial charge in [0.2, 0.25) is 0 Å². The van der Waals surface area contributed by atoms with Gasteiger partial charge < -0.3 is 15.7 Å². The Kier molecular flexibility index (Phi) is 4.19. The third kappa shape index (κ3) is 2.75. The molecular formula is C22H24N2O2. The van der Waals surface area contributed by atoms with E-state index < -0.39 is 0 Å². The highest BCUT2D eigenvalue weighted by Crippen LogP contribution is 2.51. The normalized spacial score (nSPS) is 23.3. The molecule has 134 valence electrons. The molecule has 0 radical (unpaired) electrons. The number of phenols is 1. The number of aromatic hydroxyl groups is 1. The average molecular weight is 348 g/mol. The molecule has 0 aromatic heterocycles. The quantitative estimate of drug-likeness (QED) is 0.723. The van der Waals surface area contributed by atoms with Crippen LogP contribution in [0.25, 0.3) is 0 Å². The Bertz CT molecular complexity index is 872. The van der Waals surface area contributed by atoms with Gasteiger partial charge in [-0.2, -0.15) is 0 Å². The number of phenolic OH excluding ortho intramolecular Hbond substituents is 1. The first-order chi connectivity index (χ1) is 12.6. The second-order valence-corrected chi connectivity index (χ2v) is 7.43. The van der Waals surface area contributed by atoms with E-state index in [1.54, 1.807) is 6.07 Å². The number of benzene rings is 2. The van der Waals surface area contributed by atoms with Crippen LogP contribution < -0.4 is 10.6 Å². The van der Waals surface area contributed by atoms with Crippen LogP contribution >= 0.6 is 0 Å². The van der Waals surface area contributed by atoms with Crippen molar-refractivity contribution < 1.29 is 9.90 Å². The Labute approximate surface area is 153 Å². The number of rotatable bonds is 3. The molecule has 26 heavy (non-hydrogen) atoms. The Morgan fingerprint density at radius 1 is 1.15 bits per heavy atom. The molecule has 4 rings (SSSR count). The summed E-state index contributed by atoms with van der Waals surface area (Å²) in [6, 6.07) is 13.4. The molecule has 0 spiro atoms. The van der Waals surface area contributed by atoms with Gasteiger partial charge in [0.1, 0.15) is 5.75 Å². The maximum absolute atomic E-state index is 12.7. The predicted molar refractivity (Wildman–Crippen MR) is 104 cm³/mol. The van der Waals surface area contributed by atoms with Crippen molar-refractivity contribution in [1.82, 2.24) is 5.32 Å². The zero-order chi connectivity index (χ0) is 18.3. The Hall–Kier alpha value is -2.75. The number of carbonyl (C=O) groups excluding carboxylic acids is 1. The van der Waals surface area contributed by atoms with Crippen LogP contribution in [0.5, 0.6) is 5.75 Å². The zero-order valence-corrected chi connectivity index (χ0v) is 15.1. The molecule has 1 aliphatic heterocycles. The highest BCUT2D eigenvalue weighted by atomic mass is 16.3. The number of amides is 1. The highest BCUT2D eigenvalue weighted by Gasteiger charge is 2.40. The molecule has 2 aromatic rings. The van der Waals surface area contributed by atoms with Crippen LogP contribution in [0.3, 0.4) is 0 Å². The van der Waals surface area contributed by atoms with Crippen molar-refractivity contribution in [2.45, 2.75) is 38.3 Å². The van der Waals surface area contributed by atoms with Crippen molar-refractivity contribution in [3.8, 4) is 5.75 Å². The monoisotopic (exact) mass is 348 g/mol. The molecule has 3 N–H and O–H groups in total. The van der Waals surface area contributed by atoms with E-state index >= 15 is 0 Å². The van der Waals surface area contributed by atoms with Gasteiger partial charge in [0, 0.05) is 17.5 Å². The van der Waals surface area contributed by atoms with E-state index in [0.717, 1.165) is 23.2 Å². The van der Waals surface area contributed by atoms with Crippen LogP contribution in [-0.2, 0) is 0 Å². The third-order valence-electron chi connectivity index (χ3n) is 5.33. The molecule has 1 amide bonds. The standard InChI is InChI=1S/C22H24N2O2/c1-13(2)23-22(26)18-11-6-10-16-14-8-5-9-15(14)20(24-21(16)18)17-7-3-4-12-19(17)25/h3-8,10-15,20,24-25H,9H2,1-2H3,(H,23,26). The average Bonchev–Trinajstić information content (AvgIpc) is 3.10. The summed E-state index contributed by atoms with van der Waals surface area (Å²) in [5.74, 6) is 0.811. The SMILES string of the molecule is CC(C)NC(=O)c1cccc2c1NC(c1ccccc1O)C1CC=CC21. The minimum absolute atomic E-state index is 0.0308. The van der Waals surface area contributed by atoms with Gasteiger partial charge in [-0.25, -0.2) is 0 Å². The van der Waals surface area contributed by atoms with Crippen molar-refractivity contribution in [1.29, 1.82) is 0 Å². The van der Waals surface area contributed by atoms with E-state index in [-0.39, 0.29) is 23.9 Å². The molecule has 4 nitrogen and oxygen atoms in total. The minimum atomic E-state index is -0.0687. The second-order valence-electron chi connectivity index (χ2n) is 7.43. The Morgan fingerprint density at radius 2 is 1.92 bits per heavy atom. The van der Waals surface area contributed by atoms with E-state index in [2.05, 4.69) is 28.9 Å². The summed E-state index contributed by atoms with van der Waals surface area (Å²) in [5, 5.41) is 17.0. The van der Waals surface area contributed by atoms with Gasteiger partial charge in [0.05, 0.1) is 17.3 Å². The third-order valence-corrected chi connectivity index (χ3v) is 5.33. The van der Waals surface area contributed by atoms with Gasteiger partial charge in [-0.1, -0.05) is 42.5 Å². The molecule has 0 saturated heterocycles. The maximum Gasteiger partial charge on any atom is 0.253 e. The van der Waals surface area contributed by atoms with E-state index in [9.17, 15) is 9.90 Å². The molecule has 0 fully saturated rings. The number of carbonyl (C=O) groups is 1. The summed E-state index contributed by atoms with van der Waals surface area (Å²) in [5.41, 5.74) is 3.59. The summed E-state index contributed by atoms with van der Waals surface area (Å²) in [6.45, 7) is 3.92. The van der Waals surface area contributed by atoms with Crippen molar-refractivity contribution in [3.05, 3.63) is 71.3 Å². The predicted octanol–water partition coefficient (Wildman–Crippen LogP) is 4.36. The minimum Gasteiger partial charge on any atom is -0.508 e. The van der Waals surface area contributed by atoms with Crippen molar-refractivity contribution in [2.75, 3.05) is 5.32 Å². The molecule has 2 aliphatic rings. The van der Waals surface area contributed by atoms with Crippen molar-refractivity contribution >= 4 is 11.6 Å². The van der Waals surface area contributed by atoms with Crippen LogP contribution in [0, 0.1) is 5.92 Å². The molecule has 1 aliphatic carbocycles. The summed E-state index contributed by atoms with van der Waals surface area (Å²) in [4.78, 5) is 12.7. The van der Waals surface area contributed by atoms with Crippen molar-refractivity contribution in [3.63, 3.8) is 0 Å². The first-order valence-electron chi connectivity index (χ1n) is 9.21. The fourth-order valence-electron chi connectivity index (χ4n) is 4.21. The van der Waals surface area contributed by atoms with E-state index in [1.165, 1.54) is 0 Å². The van der Waals surface area contributed by atoms with Crippen LogP contribution in [0.2, 0.25) is 0 Å². The zero-order valence-electron chi connectivity index (χ0n) is 15.1. The molecule has 0 saturated carbocycles. The first-order valence-corrected chi connectivity index (χ1v) is 9.21. The Balaban J connectivity index is 1.80. The van der Waals surface area contributed by atoms with Gasteiger partial charge in [0.25, 0.3) is 5.91 Å². The second kappa shape index (κ2) is 6.52. The summed E-state index contributed by atoms with van der Waals surface area (Å²) in [6.07, 6.45) is 5.40. The summed E-state index contributed by atoms with van der Waals surface area (Å²) >= 11 is 0. The highest BCUT2D eigenvalue weighted by molar-refractivity contribution is 6.01. The molecule has 3 atom stereocenters. The number of anilines is 1. The lowest BCUT2D eigenvalue weighted by molar-refractivity contribution is 0.0943. The topological polar surface area (TPSA) is 61.4 Å². The molecule has 2 aromatic carbocycles. The molecule has 0 bridgehead atoms. The van der Waals surface area contributed by atoms with Crippen LogP contribution in [-0.4, -0.2) is 17.1 Å². The number of hydrogen-bond donors (Lipinski definition) is 3. The lowest BCUT2D eigenvalue weighted by Gasteiger charge is -2.38. The number of fused-ring (bicyclic) bond motifs is 3. The smallest absolute Gasteiger partial charge is 0.253 e. The van der Waals surface area contributed by atoms with Gasteiger partial charge >= 0.3 is 0 Å². The molecule has 3 unspecified atom stereocenters. The lowest BCUT2D eigenvalue weighted by Crippen LogP contribution is -2.34. The van der Waals surface area contributed by atoms with Gasteiger partial charge in [-0.15, -0.1) is 0 Å². The van der Waals surface area contributed by atoms with Gasteiger partial charge in [0.15, 0.2) is 0 Å². The van der Waals surface area contributed by atoms with Gasteiger partial charge in [-0.3, -0.25) is 4.79 Å². The van der Waals surface area contributed by atoms with E-state index in [1.807, 2.05) is 44.2 Å². The summed E-state index contributed by atoms with van der Waals surface area (Å²) in [7, 11) is 0. The number of para-hydroxylation sites is 2. The number of hydrogen-bond acceptors (Lipinski definition) is 3. The number of nitrogens with one attached hydrogen (secondary N) is 2. The lowest BCUT2D eigenvalue weighted by atomic mass is 9.76. The summed E-state index contributed by atoms with van der Waals surface area (Å²) < 4.78 is 0. The Morgan fingerprint density at radius 3 is 2.69 bits per heavy atom. The molecule has 1 heterocycles. The van der Waals surface area contributed by atoms with Gasteiger partial charge in [-0.05, 0) is 43.9 Å². The molecular weight excluding hydrogens is 324 g/mol. The molecule has 4 heteroatoms.